The fourth-order valence-electron chi connectivity index (χ4n) is 3.65. The van der Waals surface area contributed by atoms with Crippen LogP contribution in [0.1, 0.15) is 65.9 Å². The van der Waals surface area contributed by atoms with E-state index < -0.39 is 35.9 Å². The van der Waals surface area contributed by atoms with E-state index in [9.17, 15) is 24.0 Å². The quantitative estimate of drug-likeness (QED) is 0.132. The van der Waals surface area contributed by atoms with E-state index in [-0.39, 0.29) is 41.1 Å². The van der Waals surface area contributed by atoms with Crippen molar-refractivity contribution in [3.8, 4) is 5.75 Å². The Labute approximate surface area is 244 Å². The maximum atomic E-state index is 13.3. The maximum Gasteiger partial charge on any atom is 0.329 e. The van der Waals surface area contributed by atoms with Crippen LogP contribution in [0, 0.1) is 11.3 Å². The third-order valence-corrected chi connectivity index (χ3v) is 7.86. The summed E-state index contributed by atoms with van der Waals surface area (Å²) < 4.78 is 14.8. The highest BCUT2D eigenvalue weighted by Gasteiger charge is 2.29. The van der Waals surface area contributed by atoms with Gasteiger partial charge in [-0.1, -0.05) is 68.3 Å². The van der Waals surface area contributed by atoms with Crippen LogP contribution >= 0.6 is 21.6 Å². The Bertz CT molecular complexity index is 1010. The average molecular weight is 599 g/mol. The second kappa shape index (κ2) is 17.2. The number of amides is 2. The van der Waals surface area contributed by atoms with Crippen molar-refractivity contribution in [2.24, 2.45) is 11.3 Å². The van der Waals surface area contributed by atoms with E-state index in [0.29, 0.717) is 12.2 Å². The highest BCUT2D eigenvalue weighted by Crippen LogP contribution is 2.28. The lowest BCUT2D eigenvalue weighted by molar-refractivity contribution is -0.144. The number of carbonyl (C=O) groups excluding carboxylic acids is 5. The van der Waals surface area contributed by atoms with Gasteiger partial charge in [-0.2, -0.15) is 0 Å². The number of carbonyl (C=O) groups is 5. The Morgan fingerprint density at radius 3 is 1.77 bits per heavy atom. The zero-order chi connectivity index (χ0) is 30.5. The van der Waals surface area contributed by atoms with Crippen LogP contribution < -0.4 is 15.4 Å². The van der Waals surface area contributed by atoms with Crippen molar-refractivity contribution in [1.29, 1.82) is 0 Å². The van der Waals surface area contributed by atoms with Gasteiger partial charge >= 0.3 is 17.9 Å². The molecule has 0 fully saturated rings. The molecule has 3 atom stereocenters. The molecular weight excluding hydrogens is 556 g/mol. The van der Waals surface area contributed by atoms with Gasteiger partial charge in [0.15, 0.2) is 0 Å². The topological polar surface area (TPSA) is 137 Å². The lowest BCUT2D eigenvalue weighted by atomic mass is 9.89. The molecule has 0 saturated carbocycles. The summed E-state index contributed by atoms with van der Waals surface area (Å²) in [5.74, 6) is -1.80. The van der Waals surface area contributed by atoms with Crippen LogP contribution in [0.3, 0.4) is 0 Å². The van der Waals surface area contributed by atoms with Crippen molar-refractivity contribution in [1.82, 2.24) is 10.6 Å². The van der Waals surface area contributed by atoms with Crippen molar-refractivity contribution in [3.63, 3.8) is 0 Å². The van der Waals surface area contributed by atoms with Crippen molar-refractivity contribution >= 4 is 51.3 Å². The SMILES string of the molecule is COC(=O)C(CSSCC(NC(=O)[C@H](CC(C)C)c1ccc(OC(C)=O)cc1)C(=O)OC)NC(=O)CC(C)(C)C. The summed E-state index contributed by atoms with van der Waals surface area (Å²) in [7, 11) is 5.04. The highest BCUT2D eigenvalue weighted by atomic mass is 33.1. The molecule has 40 heavy (non-hydrogen) atoms. The molecular formula is C28H42N2O8S2. The standard InChI is InChI=1S/C28H42N2O8S2/c1-17(2)13-21(19-9-11-20(12-10-19)38-18(3)31)25(33)30-23(27(35)37-8)16-40-39-15-22(26(34)36-7)29-24(32)14-28(4,5)6/h9-12,17,21-23H,13-16H2,1-8H3,(H,29,32)(H,30,33)/t21-,22?,23?/m1/s1. The van der Waals surface area contributed by atoms with E-state index in [1.54, 1.807) is 24.3 Å². The van der Waals surface area contributed by atoms with Gasteiger partial charge in [0.25, 0.3) is 0 Å². The number of hydrogen-bond donors (Lipinski definition) is 2. The normalized spacial score (nSPS) is 13.5. The molecule has 0 bridgehead atoms. The minimum atomic E-state index is -0.933. The molecule has 0 aliphatic heterocycles. The van der Waals surface area contributed by atoms with Crippen molar-refractivity contribution in [3.05, 3.63) is 29.8 Å². The van der Waals surface area contributed by atoms with Crippen LogP contribution in [0.15, 0.2) is 24.3 Å². The van der Waals surface area contributed by atoms with Gasteiger partial charge in [-0.15, -0.1) is 0 Å². The molecule has 0 heterocycles. The average Bonchev–Trinajstić information content (AvgIpc) is 2.86. The highest BCUT2D eigenvalue weighted by molar-refractivity contribution is 8.76. The summed E-state index contributed by atoms with van der Waals surface area (Å²) in [5, 5.41) is 5.51. The molecule has 224 valence electrons. The fraction of sp³-hybridized carbons (Fsp3) is 0.607. The number of methoxy groups -OCH3 is 2. The molecule has 0 aromatic heterocycles. The van der Waals surface area contributed by atoms with E-state index in [1.807, 2.05) is 34.6 Å². The Morgan fingerprint density at radius 1 is 0.850 bits per heavy atom. The first kappa shape index (κ1) is 35.3. The summed E-state index contributed by atoms with van der Waals surface area (Å²) >= 11 is 0. The second-order valence-corrected chi connectivity index (χ2v) is 13.4. The van der Waals surface area contributed by atoms with Gasteiger partial charge in [0.05, 0.1) is 20.1 Å². The third kappa shape index (κ3) is 13.6. The summed E-state index contributed by atoms with van der Waals surface area (Å²) in [4.78, 5) is 61.6. The molecule has 12 heteroatoms. The van der Waals surface area contributed by atoms with Crippen LogP contribution in [0.5, 0.6) is 5.75 Å². The van der Waals surface area contributed by atoms with Crippen molar-refractivity contribution in [2.45, 2.75) is 72.4 Å². The largest absolute Gasteiger partial charge is 0.467 e. The summed E-state index contributed by atoms with van der Waals surface area (Å²) in [6.45, 7) is 11.1. The number of ether oxygens (including phenoxy) is 3. The molecule has 1 rings (SSSR count). The number of hydrogen-bond acceptors (Lipinski definition) is 10. The minimum absolute atomic E-state index is 0.173. The zero-order valence-corrected chi connectivity index (χ0v) is 26.2. The Morgan fingerprint density at radius 2 is 1.35 bits per heavy atom. The first-order valence-corrected chi connectivity index (χ1v) is 15.4. The first-order valence-electron chi connectivity index (χ1n) is 12.9. The fourth-order valence-corrected chi connectivity index (χ4v) is 5.95. The van der Waals surface area contributed by atoms with Crippen molar-refractivity contribution < 1.29 is 38.2 Å². The van der Waals surface area contributed by atoms with Crippen LogP contribution in [0.4, 0.5) is 0 Å². The molecule has 0 aliphatic rings. The van der Waals surface area contributed by atoms with E-state index >= 15 is 0 Å². The smallest absolute Gasteiger partial charge is 0.329 e. The molecule has 0 spiro atoms. The van der Waals surface area contributed by atoms with Crippen LogP contribution in [-0.4, -0.2) is 67.5 Å². The number of rotatable bonds is 15. The predicted octanol–water partition coefficient (Wildman–Crippen LogP) is 3.87. The third-order valence-electron chi connectivity index (χ3n) is 5.43. The van der Waals surface area contributed by atoms with Gasteiger partial charge in [0.1, 0.15) is 17.8 Å². The van der Waals surface area contributed by atoms with Crippen LogP contribution in [-0.2, 0) is 33.4 Å². The lowest BCUT2D eigenvalue weighted by Gasteiger charge is -2.23. The van der Waals surface area contributed by atoms with Gasteiger partial charge in [-0.05, 0) is 35.4 Å². The van der Waals surface area contributed by atoms with Gasteiger partial charge in [0, 0.05) is 24.9 Å². The molecule has 0 aliphatic carbocycles. The number of nitrogens with one attached hydrogen (secondary N) is 2. The number of esters is 3. The first-order chi connectivity index (χ1) is 18.7. The van der Waals surface area contributed by atoms with Gasteiger partial charge < -0.3 is 24.8 Å². The monoisotopic (exact) mass is 598 g/mol. The van der Waals surface area contributed by atoms with E-state index in [2.05, 4.69) is 10.6 Å². The van der Waals surface area contributed by atoms with Crippen LogP contribution in [0.2, 0.25) is 0 Å². The molecule has 1 aromatic carbocycles. The zero-order valence-electron chi connectivity index (χ0n) is 24.5. The summed E-state index contributed by atoms with van der Waals surface area (Å²) in [6.07, 6.45) is 0.780. The van der Waals surface area contributed by atoms with Gasteiger partial charge in [-0.3, -0.25) is 14.4 Å². The lowest BCUT2D eigenvalue weighted by Crippen LogP contribution is -2.45. The van der Waals surface area contributed by atoms with Crippen LogP contribution in [0.25, 0.3) is 0 Å². The molecule has 2 unspecified atom stereocenters. The Kier molecular flexibility index (Phi) is 15.1. The van der Waals surface area contributed by atoms with E-state index in [1.165, 1.54) is 42.7 Å². The summed E-state index contributed by atoms with van der Waals surface area (Å²) in [5.41, 5.74) is 0.482. The molecule has 0 radical (unpaired) electrons. The summed E-state index contributed by atoms with van der Waals surface area (Å²) in [6, 6.07) is 4.91. The molecule has 2 N–H and O–H groups in total. The Balaban J connectivity index is 2.88. The predicted molar refractivity (Wildman–Crippen MR) is 157 cm³/mol. The van der Waals surface area contributed by atoms with E-state index in [0.717, 1.165) is 5.56 Å². The minimum Gasteiger partial charge on any atom is -0.467 e. The second-order valence-electron chi connectivity index (χ2n) is 10.9. The van der Waals surface area contributed by atoms with Gasteiger partial charge in [-0.25, -0.2) is 9.59 Å². The Hall–Kier alpha value is -2.73. The van der Waals surface area contributed by atoms with Gasteiger partial charge in [0.2, 0.25) is 11.8 Å². The molecule has 0 saturated heterocycles. The molecule has 1 aromatic rings. The number of benzene rings is 1. The van der Waals surface area contributed by atoms with Crippen molar-refractivity contribution in [2.75, 3.05) is 25.7 Å². The molecule has 2 amide bonds. The molecule has 10 nitrogen and oxygen atoms in total. The maximum absolute atomic E-state index is 13.3. The van der Waals surface area contributed by atoms with E-state index in [4.69, 9.17) is 14.2 Å².